The van der Waals surface area contributed by atoms with E-state index in [1.54, 1.807) is 24.3 Å². The molecule has 11 heteroatoms. The van der Waals surface area contributed by atoms with E-state index in [-0.39, 0.29) is 27.7 Å². The molecular formula is C24H19F3N6OS. The highest BCUT2D eigenvalue weighted by Gasteiger charge is 2.29. The zero-order chi connectivity index (χ0) is 24.5. The van der Waals surface area contributed by atoms with Gasteiger partial charge in [-0.25, -0.2) is 28.1 Å². The van der Waals surface area contributed by atoms with Gasteiger partial charge in [0.25, 0.3) is 12.3 Å². The number of aromatic nitrogens is 4. The van der Waals surface area contributed by atoms with Gasteiger partial charge >= 0.3 is 0 Å². The minimum Gasteiger partial charge on any atom is -0.347 e. The Labute approximate surface area is 202 Å². The van der Waals surface area contributed by atoms with Gasteiger partial charge < -0.3 is 9.88 Å². The molecule has 0 unspecified atom stereocenters. The number of carbonyl (C=O) groups excluding carboxylic acids is 1. The Morgan fingerprint density at radius 3 is 2.80 bits per heavy atom. The highest BCUT2D eigenvalue weighted by molar-refractivity contribution is 7.13. The number of imidazole rings is 1. The molecule has 3 heterocycles. The number of carbonyl (C=O) groups is 1. The fraction of sp³-hybridized carbons (Fsp3) is 0.292. The second-order valence-electron chi connectivity index (χ2n) is 8.31. The summed E-state index contributed by atoms with van der Waals surface area (Å²) in [7, 11) is 0. The molecule has 0 saturated heterocycles. The summed E-state index contributed by atoms with van der Waals surface area (Å²) < 4.78 is 42.4. The van der Waals surface area contributed by atoms with Gasteiger partial charge in [0.1, 0.15) is 28.9 Å². The molecule has 1 saturated carbocycles. The third-order valence-electron chi connectivity index (χ3n) is 6.08. The zero-order valence-corrected chi connectivity index (χ0v) is 19.1. The molecular weight excluding hydrogens is 477 g/mol. The molecule has 0 aliphatic heterocycles. The lowest BCUT2D eigenvalue weighted by molar-refractivity contribution is 0.0920. The van der Waals surface area contributed by atoms with E-state index in [2.05, 4.69) is 20.3 Å². The number of rotatable bonds is 5. The van der Waals surface area contributed by atoms with E-state index in [1.807, 2.05) is 10.6 Å². The van der Waals surface area contributed by atoms with Crippen molar-refractivity contribution in [1.29, 1.82) is 5.26 Å². The van der Waals surface area contributed by atoms with Crippen LogP contribution in [0.4, 0.5) is 13.2 Å². The summed E-state index contributed by atoms with van der Waals surface area (Å²) in [5.41, 5.74) is 1.75. The molecule has 35 heavy (non-hydrogen) atoms. The van der Waals surface area contributed by atoms with Gasteiger partial charge in [0.2, 0.25) is 0 Å². The SMILES string of the molecule is N#Cc1cc2c(cn1)nc(-c1ccccc1F)n2[C@@H]1CCC[C@H](NC(=O)c2ncc(C(F)F)s2)C1. The van der Waals surface area contributed by atoms with Crippen molar-refractivity contribution in [2.45, 2.75) is 44.2 Å². The quantitative estimate of drug-likeness (QED) is 0.398. The van der Waals surface area contributed by atoms with Gasteiger partial charge in [-0.05, 0) is 37.8 Å². The van der Waals surface area contributed by atoms with Crippen molar-refractivity contribution in [2.75, 3.05) is 0 Å². The molecule has 5 rings (SSSR count). The van der Waals surface area contributed by atoms with Crippen LogP contribution in [0.15, 0.2) is 42.7 Å². The Morgan fingerprint density at radius 2 is 2.06 bits per heavy atom. The van der Waals surface area contributed by atoms with Crippen LogP contribution in [-0.2, 0) is 0 Å². The van der Waals surface area contributed by atoms with E-state index < -0.39 is 18.1 Å². The molecule has 0 spiro atoms. The Morgan fingerprint density at radius 1 is 1.23 bits per heavy atom. The molecule has 0 radical (unpaired) electrons. The largest absolute Gasteiger partial charge is 0.347 e. The molecule has 1 aliphatic carbocycles. The molecule has 1 N–H and O–H groups in total. The number of pyridine rings is 1. The molecule has 0 bridgehead atoms. The Hall–Kier alpha value is -3.78. The van der Waals surface area contributed by atoms with Crippen molar-refractivity contribution in [1.82, 2.24) is 24.8 Å². The van der Waals surface area contributed by atoms with Crippen LogP contribution in [0.25, 0.3) is 22.4 Å². The summed E-state index contributed by atoms with van der Waals surface area (Å²) in [5.74, 6) is -0.487. The third-order valence-corrected chi connectivity index (χ3v) is 7.09. The number of benzene rings is 1. The summed E-state index contributed by atoms with van der Waals surface area (Å²) in [4.78, 5) is 25.0. The van der Waals surface area contributed by atoms with Crippen LogP contribution in [0, 0.1) is 17.1 Å². The van der Waals surface area contributed by atoms with Crippen LogP contribution in [0.2, 0.25) is 0 Å². The number of hydrogen-bond acceptors (Lipinski definition) is 6. The van der Waals surface area contributed by atoms with Crippen LogP contribution in [0.3, 0.4) is 0 Å². The molecule has 1 amide bonds. The van der Waals surface area contributed by atoms with Gasteiger partial charge in [-0.15, -0.1) is 11.3 Å². The first-order valence-corrected chi connectivity index (χ1v) is 11.8. The van der Waals surface area contributed by atoms with Crippen molar-refractivity contribution in [3.8, 4) is 17.5 Å². The summed E-state index contributed by atoms with van der Waals surface area (Å²) >= 11 is 0.676. The lowest BCUT2D eigenvalue weighted by atomic mass is 9.90. The smallest absolute Gasteiger partial charge is 0.280 e. The number of hydrogen-bond donors (Lipinski definition) is 1. The van der Waals surface area contributed by atoms with E-state index in [1.165, 1.54) is 12.3 Å². The Kier molecular flexibility index (Phi) is 6.21. The van der Waals surface area contributed by atoms with Crippen LogP contribution in [0.5, 0.6) is 0 Å². The maximum absolute atomic E-state index is 14.8. The van der Waals surface area contributed by atoms with Crippen LogP contribution < -0.4 is 5.32 Å². The van der Waals surface area contributed by atoms with Crippen molar-refractivity contribution < 1.29 is 18.0 Å². The topological polar surface area (TPSA) is 96.5 Å². The zero-order valence-electron chi connectivity index (χ0n) is 18.3. The van der Waals surface area contributed by atoms with Crippen molar-refractivity contribution >= 4 is 28.3 Å². The van der Waals surface area contributed by atoms with Crippen LogP contribution in [0.1, 0.15) is 58.5 Å². The number of nitrogens with one attached hydrogen (secondary N) is 1. The van der Waals surface area contributed by atoms with E-state index >= 15 is 0 Å². The number of amides is 1. The van der Waals surface area contributed by atoms with Crippen LogP contribution in [-0.4, -0.2) is 31.5 Å². The highest BCUT2D eigenvalue weighted by Crippen LogP contribution is 2.37. The molecule has 7 nitrogen and oxygen atoms in total. The molecule has 178 valence electrons. The van der Waals surface area contributed by atoms with Gasteiger partial charge in [-0.1, -0.05) is 12.1 Å². The molecule has 1 aliphatic rings. The number of halogens is 3. The second-order valence-corrected chi connectivity index (χ2v) is 9.38. The minimum absolute atomic E-state index is 0.00714. The normalized spacial score (nSPS) is 18.0. The molecule has 2 atom stereocenters. The first-order chi connectivity index (χ1) is 16.9. The molecule has 1 aromatic carbocycles. The fourth-order valence-corrected chi connectivity index (χ4v) is 5.21. The number of nitriles is 1. The highest BCUT2D eigenvalue weighted by atomic mass is 32.1. The first kappa shape index (κ1) is 23.0. The molecule has 4 aromatic rings. The average Bonchev–Trinajstić information content (AvgIpc) is 3.50. The Bertz CT molecular complexity index is 1440. The predicted molar refractivity (Wildman–Crippen MR) is 123 cm³/mol. The molecule has 3 aromatic heterocycles. The van der Waals surface area contributed by atoms with E-state index in [9.17, 15) is 23.2 Å². The van der Waals surface area contributed by atoms with Gasteiger partial charge in [0.05, 0.1) is 22.2 Å². The van der Waals surface area contributed by atoms with Crippen molar-refractivity contribution in [3.63, 3.8) is 0 Å². The summed E-state index contributed by atoms with van der Waals surface area (Å²) in [6.07, 6.45) is 2.62. The monoisotopic (exact) mass is 496 g/mol. The van der Waals surface area contributed by atoms with Crippen LogP contribution >= 0.6 is 11.3 Å². The van der Waals surface area contributed by atoms with E-state index in [0.29, 0.717) is 46.6 Å². The van der Waals surface area contributed by atoms with Crippen molar-refractivity contribution in [3.05, 3.63) is 64.1 Å². The summed E-state index contributed by atoms with van der Waals surface area (Å²) in [5, 5.41) is 12.3. The predicted octanol–water partition coefficient (Wildman–Crippen LogP) is 5.42. The van der Waals surface area contributed by atoms with Gasteiger partial charge in [0, 0.05) is 24.3 Å². The number of fused-ring (bicyclic) bond motifs is 1. The van der Waals surface area contributed by atoms with Crippen molar-refractivity contribution in [2.24, 2.45) is 0 Å². The van der Waals surface area contributed by atoms with Gasteiger partial charge in [-0.3, -0.25) is 4.79 Å². The lowest BCUT2D eigenvalue weighted by Crippen LogP contribution is -2.39. The summed E-state index contributed by atoms with van der Waals surface area (Å²) in [6.45, 7) is 0. The van der Waals surface area contributed by atoms with Gasteiger partial charge in [-0.2, -0.15) is 5.26 Å². The summed E-state index contributed by atoms with van der Waals surface area (Å²) in [6, 6.07) is 9.63. The standard InChI is InChI=1S/C24H19F3N6OS/c25-17-7-2-1-6-16(17)22-32-18-11-29-14(10-28)9-19(18)33(22)15-5-3-4-13(8-15)31-23(34)24-30-12-20(35-24)21(26)27/h1-2,6-7,9,11-13,15,21H,3-5,8H2,(H,31,34)/t13-,15+/m0/s1. The number of nitrogens with zero attached hydrogens (tertiary/aromatic N) is 5. The average molecular weight is 497 g/mol. The maximum Gasteiger partial charge on any atom is 0.280 e. The molecule has 1 fully saturated rings. The number of thiazole rings is 1. The van der Waals surface area contributed by atoms with Gasteiger partial charge in [0.15, 0.2) is 5.01 Å². The Balaban J connectivity index is 1.48. The lowest BCUT2D eigenvalue weighted by Gasteiger charge is -2.32. The van der Waals surface area contributed by atoms with E-state index in [0.717, 1.165) is 19.0 Å². The van der Waals surface area contributed by atoms with E-state index in [4.69, 9.17) is 0 Å². The third kappa shape index (κ3) is 4.49. The fourth-order valence-electron chi connectivity index (χ4n) is 4.53. The second kappa shape index (κ2) is 9.46. The minimum atomic E-state index is -2.67. The maximum atomic E-state index is 14.8. The number of alkyl halides is 2. The first-order valence-electron chi connectivity index (χ1n) is 11.0.